The minimum atomic E-state index is -4.74. The lowest BCUT2D eigenvalue weighted by molar-refractivity contribution is -0.145. The predicted molar refractivity (Wildman–Crippen MR) is 75.3 cm³/mol. The number of nitrogens with zero attached hydrogens (tertiary/aromatic N) is 4. The van der Waals surface area contributed by atoms with E-state index in [1.807, 2.05) is 0 Å². The quantitative estimate of drug-likeness (QED) is 0.848. The van der Waals surface area contributed by atoms with Gasteiger partial charge in [0.05, 0.1) is 5.69 Å². The Morgan fingerprint density at radius 2 is 1.91 bits per heavy atom. The van der Waals surface area contributed by atoms with E-state index in [1.165, 1.54) is 30.0 Å². The third-order valence-electron chi connectivity index (χ3n) is 2.97. The van der Waals surface area contributed by atoms with Gasteiger partial charge in [0.2, 0.25) is 20.8 Å². The summed E-state index contributed by atoms with van der Waals surface area (Å²) in [5.74, 6) is -2.03. The standard InChI is InChI=1S/C13H15F3N4O2S/c1-8(2)20-5-4-17-12(20)23(21,22)7-10-6-9(3)18-11(19-10)13(14,15)16/h4-6,8H,7H2,1-3H3. The Balaban J connectivity index is 2.42. The Morgan fingerprint density at radius 1 is 1.26 bits per heavy atom. The largest absolute Gasteiger partial charge is 0.451 e. The molecule has 126 valence electrons. The van der Waals surface area contributed by atoms with E-state index in [1.54, 1.807) is 13.8 Å². The van der Waals surface area contributed by atoms with Crippen molar-refractivity contribution in [2.75, 3.05) is 0 Å². The molecule has 0 atom stereocenters. The molecule has 2 aromatic heterocycles. The maximum absolute atomic E-state index is 12.7. The summed E-state index contributed by atoms with van der Waals surface area (Å²) in [6.45, 7) is 4.90. The molecule has 2 aromatic rings. The van der Waals surface area contributed by atoms with Crippen LogP contribution in [-0.2, 0) is 21.8 Å². The molecule has 23 heavy (non-hydrogen) atoms. The Bertz CT molecular complexity index is 813. The van der Waals surface area contributed by atoms with E-state index in [4.69, 9.17) is 0 Å². The predicted octanol–water partition coefficient (Wildman–Crippen LogP) is 2.56. The fraction of sp³-hybridized carbons (Fsp3) is 0.462. The van der Waals surface area contributed by atoms with Crippen LogP contribution in [0.15, 0.2) is 23.6 Å². The van der Waals surface area contributed by atoms with Crippen LogP contribution in [0.4, 0.5) is 13.2 Å². The molecule has 2 rings (SSSR count). The number of aromatic nitrogens is 4. The highest BCUT2D eigenvalue weighted by Crippen LogP contribution is 2.27. The van der Waals surface area contributed by atoms with Gasteiger partial charge >= 0.3 is 6.18 Å². The van der Waals surface area contributed by atoms with Crippen molar-refractivity contribution in [2.45, 2.75) is 43.9 Å². The van der Waals surface area contributed by atoms with E-state index in [2.05, 4.69) is 15.0 Å². The molecule has 0 saturated carbocycles. The van der Waals surface area contributed by atoms with Crippen LogP contribution in [0.1, 0.15) is 37.1 Å². The molecule has 6 nitrogen and oxygen atoms in total. The van der Waals surface area contributed by atoms with Crippen molar-refractivity contribution in [2.24, 2.45) is 0 Å². The zero-order chi connectivity index (χ0) is 17.4. The average molecular weight is 348 g/mol. The fourth-order valence-electron chi connectivity index (χ4n) is 2.03. The summed E-state index contributed by atoms with van der Waals surface area (Å²) in [6.07, 6.45) is -1.90. The molecular weight excluding hydrogens is 333 g/mol. The minimum absolute atomic E-state index is 0.0460. The summed E-state index contributed by atoms with van der Waals surface area (Å²) >= 11 is 0. The minimum Gasteiger partial charge on any atom is -0.319 e. The monoisotopic (exact) mass is 348 g/mol. The number of hydrogen-bond acceptors (Lipinski definition) is 5. The van der Waals surface area contributed by atoms with Crippen molar-refractivity contribution >= 4 is 9.84 Å². The molecule has 2 heterocycles. The lowest BCUT2D eigenvalue weighted by Crippen LogP contribution is -2.17. The number of rotatable bonds is 4. The molecule has 0 aromatic carbocycles. The van der Waals surface area contributed by atoms with Crippen molar-refractivity contribution < 1.29 is 21.6 Å². The number of alkyl halides is 3. The first-order valence-electron chi connectivity index (χ1n) is 6.68. The van der Waals surface area contributed by atoms with Crippen LogP contribution in [0.3, 0.4) is 0 Å². The number of hydrogen-bond donors (Lipinski definition) is 0. The zero-order valence-corrected chi connectivity index (χ0v) is 13.5. The van der Waals surface area contributed by atoms with Gasteiger partial charge in [0, 0.05) is 24.1 Å². The van der Waals surface area contributed by atoms with Gasteiger partial charge in [0.15, 0.2) is 0 Å². The number of aryl methyl sites for hydroxylation is 1. The summed E-state index contributed by atoms with van der Waals surface area (Å²) < 4.78 is 64.5. The van der Waals surface area contributed by atoms with Crippen LogP contribution >= 0.6 is 0 Å². The third-order valence-corrected chi connectivity index (χ3v) is 4.51. The number of imidazole rings is 1. The maximum Gasteiger partial charge on any atom is 0.451 e. The van der Waals surface area contributed by atoms with Crippen LogP contribution in [0.25, 0.3) is 0 Å². The molecule has 0 aliphatic rings. The van der Waals surface area contributed by atoms with Gasteiger partial charge in [0.1, 0.15) is 5.75 Å². The van der Waals surface area contributed by atoms with Gasteiger partial charge in [-0.2, -0.15) is 13.2 Å². The molecular formula is C13H15F3N4O2S. The Hall–Kier alpha value is -1.97. The Kier molecular flexibility index (Phi) is 4.47. The van der Waals surface area contributed by atoms with Crippen LogP contribution in [0, 0.1) is 6.92 Å². The van der Waals surface area contributed by atoms with Crippen molar-refractivity contribution in [1.82, 2.24) is 19.5 Å². The highest BCUT2D eigenvalue weighted by molar-refractivity contribution is 7.90. The van der Waals surface area contributed by atoms with Crippen molar-refractivity contribution in [3.05, 3.63) is 35.7 Å². The first kappa shape index (κ1) is 17.4. The highest BCUT2D eigenvalue weighted by Gasteiger charge is 2.35. The molecule has 0 aliphatic heterocycles. The topological polar surface area (TPSA) is 77.7 Å². The van der Waals surface area contributed by atoms with Crippen molar-refractivity contribution in [3.63, 3.8) is 0 Å². The molecule has 0 fully saturated rings. The van der Waals surface area contributed by atoms with E-state index in [0.717, 1.165) is 0 Å². The third kappa shape index (κ3) is 3.87. The number of sulfone groups is 1. The summed E-state index contributed by atoms with van der Waals surface area (Å²) in [5, 5.41) is -0.197. The van der Waals surface area contributed by atoms with Gasteiger partial charge in [-0.25, -0.2) is 23.4 Å². The van der Waals surface area contributed by atoms with Gasteiger partial charge in [-0.3, -0.25) is 0 Å². The second-order valence-corrected chi connectivity index (χ2v) is 7.18. The van der Waals surface area contributed by atoms with Crippen LogP contribution < -0.4 is 0 Å². The molecule has 0 N–H and O–H groups in total. The summed E-state index contributed by atoms with van der Waals surface area (Å²) in [7, 11) is -3.93. The summed E-state index contributed by atoms with van der Waals surface area (Å²) in [4.78, 5) is 10.4. The second kappa shape index (κ2) is 5.91. The van der Waals surface area contributed by atoms with E-state index < -0.39 is 27.6 Å². The molecule has 0 spiro atoms. The van der Waals surface area contributed by atoms with Crippen molar-refractivity contribution in [1.29, 1.82) is 0 Å². The fourth-order valence-corrected chi connectivity index (χ4v) is 3.51. The molecule has 0 aliphatic carbocycles. The summed E-state index contributed by atoms with van der Waals surface area (Å²) in [5.41, 5.74) is -0.173. The second-order valence-electron chi connectivity index (χ2n) is 5.29. The van der Waals surface area contributed by atoms with Gasteiger partial charge in [0.25, 0.3) is 0 Å². The zero-order valence-electron chi connectivity index (χ0n) is 12.7. The molecule has 10 heteroatoms. The first-order valence-corrected chi connectivity index (χ1v) is 8.33. The van der Waals surface area contributed by atoms with Crippen LogP contribution in [-0.4, -0.2) is 27.9 Å². The number of halogens is 3. The maximum atomic E-state index is 12.7. The van der Waals surface area contributed by atoms with E-state index in [9.17, 15) is 21.6 Å². The van der Waals surface area contributed by atoms with Gasteiger partial charge in [-0.05, 0) is 26.8 Å². The van der Waals surface area contributed by atoms with Gasteiger partial charge in [-0.15, -0.1) is 0 Å². The Labute approximate surface area is 131 Å². The van der Waals surface area contributed by atoms with Gasteiger partial charge < -0.3 is 4.57 Å². The SMILES string of the molecule is Cc1cc(CS(=O)(=O)c2nccn2C(C)C)nc(C(F)(F)F)n1. The molecule has 0 radical (unpaired) electrons. The highest BCUT2D eigenvalue weighted by atomic mass is 32.2. The van der Waals surface area contributed by atoms with Gasteiger partial charge in [-0.1, -0.05) is 0 Å². The van der Waals surface area contributed by atoms with Crippen molar-refractivity contribution in [3.8, 4) is 0 Å². The lowest BCUT2D eigenvalue weighted by atomic mass is 10.3. The van der Waals surface area contributed by atoms with E-state index in [-0.39, 0.29) is 22.6 Å². The lowest BCUT2D eigenvalue weighted by Gasteiger charge is -2.12. The van der Waals surface area contributed by atoms with Crippen LogP contribution in [0.2, 0.25) is 0 Å². The van der Waals surface area contributed by atoms with E-state index >= 15 is 0 Å². The average Bonchev–Trinajstić information content (AvgIpc) is 2.86. The smallest absolute Gasteiger partial charge is 0.319 e. The Morgan fingerprint density at radius 3 is 2.48 bits per heavy atom. The van der Waals surface area contributed by atoms with E-state index in [0.29, 0.717) is 0 Å². The molecule has 0 amide bonds. The molecule has 0 unspecified atom stereocenters. The molecule has 0 bridgehead atoms. The normalized spacial score (nSPS) is 12.8. The summed E-state index contributed by atoms with van der Waals surface area (Å²) in [6, 6.07) is 1.07. The van der Waals surface area contributed by atoms with Crippen LogP contribution in [0.5, 0.6) is 0 Å². The first-order chi connectivity index (χ1) is 10.5. The molecule has 0 saturated heterocycles.